The number of aliphatic hydroxyl groups excluding tert-OH is 1. The summed E-state index contributed by atoms with van der Waals surface area (Å²) >= 11 is 0. The van der Waals surface area contributed by atoms with E-state index in [0.717, 1.165) is 19.4 Å². The smallest absolute Gasteiger partial charge is 0.0611 e. The van der Waals surface area contributed by atoms with Gasteiger partial charge in [0.1, 0.15) is 0 Å². The van der Waals surface area contributed by atoms with Gasteiger partial charge in [0.15, 0.2) is 0 Å². The molecule has 0 aromatic rings. The van der Waals surface area contributed by atoms with Gasteiger partial charge in [-0.3, -0.25) is 0 Å². The van der Waals surface area contributed by atoms with Crippen LogP contribution in [-0.4, -0.2) is 37.5 Å². The summed E-state index contributed by atoms with van der Waals surface area (Å²) in [5, 5.41) is 12.1. The Bertz CT molecular complexity index is 103. The van der Waals surface area contributed by atoms with Crippen LogP contribution in [0.15, 0.2) is 0 Å². The lowest BCUT2D eigenvalue weighted by Gasteiger charge is -2.26. The molecule has 74 valence electrons. The number of ether oxygens (including phenoxy) is 1. The molecular formula is C9H21NO2. The Morgan fingerprint density at radius 1 is 1.42 bits per heavy atom. The number of hydrogen-bond donors (Lipinski definition) is 2. The molecule has 0 aliphatic heterocycles. The van der Waals surface area contributed by atoms with Crippen LogP contribution in [0.1, 0.15) is 26.7 Å². The second-order valence-corrected chi connectivity index (χ2v) is 3.33. The van der Waals surface area contributed by atoms with Crippen molar-refractivity contribution in [3.8, 4) is 0 Å². The number of nitrogens with one attached hydrogen (secondary N) is 1. The average molecular weight is 175 g/mol. The minimum absolute atomic E-state index is 0.152. The maximum atomic E-state index is 9.02. The van der Waals surface area contributed by atoms with Gasteiger partial charge in [-0.2, -0.15) is 0 Å². The molecule has 0 aromatic heterocycles. The van der Waals surface area contributed by atoms with Crippen molar-refractivity contribution in [2.24, 2.45) is 0 Å². The Morgan fingerprint density at radius 2 is 2.08 bits per heavy atom. The summed E-state index contributed by atoms with van der Waals surface area (Å²) in [6, 6.07) is 0. The first-order chi connectivity index (χ1) is 5.68. The van der Waals surface area contributed by atoms with Crippen LogP contribution in [0.3, 0.4) is 0 Å². The van der Waals surface area contributed by atoms with E-state index in [1.165, 1.54) is 0 Å². The molecule has 0 radical (unpaired) electrons. The van der Waals surface area contributed by atoms with E-state index in [4.69, 9.17) is 9.84 Å². The monoisotopic (exact) mass is 175 g/mol. The standard InChI is InChI=1S/C9H21NO2/c1-4-6-12-7-5-9(2,8-11)10-3/h10-11H,4-8H2,1-3H3. The van der Waals surface area contributed by atoms with E-state index in [1.54, 1.807) is 0 Å². The second kappa shape index (κ2) is 6.40. The average Bonchev–Trinajstić information content (AvgIpc) is 2.12. The fraction of sp³-hybridized carbons (Fsp3) is 1.00. The van der Waals surface area contributed by atoms with Crippen LogP contribution in [0.25, 0.3) is 0 Å². The van der Waals surface area contributed by atoms with Crippen LogP contribution >= 0.6 is 0 Å². The highest BCUT2D eigenvalue weighted by Crippen LogP contribution is 2.07. The SMILES string of the molecule is CCCOCCC(C)(CO)NC. The topological polar surface area (TPSA) is 41.5 Å². The molecule has 0 saturated carbocycles. The molecule has 3 nitrogen and oxygen atoms in total. The zero-order valence-corrected chi connectivity index (χ0v) is 8.39. The highest BCUT2D eigenvalue weighted by molar-refractivity contribution is 4.79. The van der Waals surface area contributed by atoms with Gasteiger partial charge >= 0.3 is 0 Å². The lowest BCUT2D eigenvalue weighted by atomic mass is 10.0. The van der Waals surface area contributed by atoms with Gasteiger partial charge in [0.05, 0.1) is 6.61 Å². The summed E-state index contributed by atoms with van der Waals surface area (Å²) in [5.41, 5.74) is -0.187. The highest BCUT2D eigenvalue weighted by Gasteiger charge is 2.19. The molecule has 0 saturated heterocycles. The van der Waals surface area contributed by atoms with Crippen molar-refractivity contribution in [2.75, 3.05) is 26.9 Å². The van der Waals surface area contributed by atoms with Gasteiger partial charge in [0.2, 0.25) is 0 Å². The van der Waals surface area contributed by atoms with Crippen LogP contribution in [0, 0.1) is 0 Å². The van der Waals surface area contributed by atoms with Gasteiger partial charge in [-0.25, -0.2) is 0 Å². The summed E-state index contributed by atoms with van der Waals surface area (Å²) in [6.07, 6.45) is 1.90. The van der Waals surface area contributed by atoms with Crippen LogP contribution in [0.4, 0.5) is 0 Å². The first-order valence-electron chi connectivity index (χ1n) is 4.56. The normalized spacial score (nSPS) is 16.0. The van der Waals surface area contributed by atoms with E-state index in [0.29, 0.717) is 6.61 Å². The Labute approximate surface area is 75.1 Å². The van der Waals surface area contributed by atoms with Crippen LogP contribution in [0.2, 0.25) is 0 Å². The zero-order chi connectivity index (χ0) is 9.45. The van der Waals surface area contributed by atoms with Crippen molar-refractivity contribution in [2.45, 2.75) is 32.2 Å². The lowest BCUT2D eigenvalue weighted by Crippen LogP contribution is -2.44. The molecule has 0 fully saturated rings. The molecule has 12 heavy (non-hydrogen) atoms. The van der Waals surface area contributed by atoms with Crippen LogP contribution in [-0.2, 0) is 4.74 Å². The quantitative estimate of drug-likeness (QED) is 0.562. The Morgan fingerprint density at radius 3 is 2.50 bits per heavy atom. The van der Waals surface area contributed by atoms with E-state index in [9.17, 15) is 0 Å². The molecule has 0 aliphatic rings. The molecule has 0 aliphatic carbocycles. The van der Waals surface area contributed by atoms with Crippen molar-refractivity contribution < 1.29 is 9.84 Å². The van der Waals surface area contributed by atoms with Gasteiger partial charge < -0.3 is 15.2 Å². The van der Waals surface area contributed by atoms with E-state index < -0.39 is 0 Å². The number of aliphatic hydroxyl groups is 1. The molecule has 0 aromatic carbocycles. The van der Waals surface area contributed by atoms with Crippen LogP contribution < -0.4 is 5.32 Å². The highest BCUT2D eigenvalue weighted by atomic mass is 16.5. The summed E-state index contributed by atoms with van der Waals surface area (Å²) in [6.45, 7) is 5.75. The van der Waals surface area contributed by atoms with Crippen molar-refractivity contribution in [3.63, 3.8) is 0 Å². The van der Waals surface area contributed by atoms with Crippen molar-refractivity contribution >= 4 is 0 Å². The van der Waals surface area contributed by atoms with E-state index >= 15 is 0 Å². The Hall–Kier alpha value is -0.120. The summed E-state index contributed by atoms with van der Waals surface area (Å²) in [4.78, 5) is 0. The lowest BCUT2D eigenvalue weighted by molar-refractivity contribution is 0.0903. The predicted molar refractivity (Wildman–Crippen MR) is 50.3 cm³/mol. The minimum atomic E-state index is -0.187. The molecule has 0 rings (SSSR count). The first kappa shape index (κ1) is 11.9. The summed E-state index contributed by atoms with van der Waals surface area (Å²) in [5.74, 6) is 0. The fourth-order valence-electron chi connectivity index (χ4n) is 0.827. The molecule has 0 spiro atoms. The molecule has 0 amide bonds. The van der Waals surface area contributed by atoms with Gasteiger partial charge in [0, 0.05) is 18.8 Å². The third-order valence-corrected chi connectivity index (χ3v) is 2.10. The third-order valence-electron chi connectivity index (χ3n) is 2.10. The third kappa shape index (κ3) is 4.70. The molecule has 1 unspecified atom stereocenters. The predicted octanol–water partition coefficient (Wildman–Crippen LogP) is 0.773. The second-order valence-electron chi connectivity index (χ2n) is 3.33. The van der Waals surface area contributed by atoms with Gasteiger partial charge in [-0.1, -0.05) is 6.92 Å². The van der Waals surface area contributed by atoms with Gasteiger partial charge in [-0.15, -0.1) is 0 Å². The fourth-order valence-corrected chi connectivity index (χ4v) is 0.827. The molecule has 1 atom stereocenters. The maximum absolute atomic E-state index is 9.02. The Balaban J connectivity index is 3.45. The van der Waals surface area contributed by atoms with Crippen molar-refractivity contribution in [1.29, 1.82) is 0 Å². The van der Waals surface area contributed by atoms with Crippen molar-refractivity contribution in [1.82, 2.24) is 5.32 Å². The largest absolute Gasteiger partial charge is 0.394 e. The van der Waals surface area contributed by atoms with E-state index in [2.05, 4.69) is 12.2 Å². The summed E-state index contributed by atoms with van der Waals surface area (Å²) in [7, 11) is 1.86. The number of hydrogen-bond acceptors (Lipinski definition) is 3. The molecule has 2 N–H and O–H groups in total. The Kier molecular flexibility index (Phi) is 6.34. The first-order valence-corrected chi connectivity index (χ1v) is 4.56. The van der Waals surface area contributed by atoms with E-state index in [1.807, 2.05) is 14.0 Å². The maximum Gasteiger partial charge on any atom is 0.0611 e. The molecule has 3 heteroatoms. The molecular weight excluding hydrogens is 154 g/mol. The van der Waals surface area contributed by atoms with Gasteiger partial charge in [-0.05, 0) is 26.8 Å². The van der Waals surface area contributed by atoms with E-state index in [-0.39, 0.29) is 12.1 Å². The van der Waals surface area contributed by atoms with Crippen molar-refractivity contribution in [3.05, 3.63) is 0 Å². The molecule has 0 bridgehead atoms. The number of likely N-dealkylation sites (N-methyl/N-ethyl adjacent to an activating group) is 1. The molecule has 0 heterocycles. The summed E-state index contributed by atoms with van der Waals surface area (Å²) < 4.78 is 5.33. The minimum Gasteiger partial charge on any atom is -0.394 e. The number of rotatable bonds is 7. The van der Waals surface area contributed by atoms with Gasteiger partial charge in [0.25, 0.3) is 0 Å². The zero-order valence-electron chi connectivity index (χ0n) is 8.39. The van der Waals surface area contributed by atoms with Crippen LogP contribution in [0.5, 0.6) is 0 Å².